The van der Waals surface area contributed by atoms with Crippen molar-refractivity contribution in [1.29, 1.82) is 0 Å². The van der Waals surface area contributed by atoms with Crippen molar-refractivity contribution in [1.82, 2.24) is 9.80 Å². The summed E-state index contributed by atoms with van der Waals surface area (Å²) in [4.78, 5) is 26.7. The highest BCUT2D eigenvalue weighted by Crippen LogP contribution is 2.18. The molecule has 0 aromatic carbocycles. The fourth-order valence-electron chi connectivity index (χ4n) is 2.31. The molecule has 5 heteroatoms. The number of piperazine rings is 1. The zero-order valence-electron chi connectivity index (χ0n) is 10.8. The maximum Gasteiger partial charge on any atom is 0.305 e. The van der Waals surface area contributed by atoms with E-state index in [9.17, 15) is 9.59 Å². The van der Waals surface area contributed by atoms with E-state index in [4.69, 9.17) is 5.11 Å². The second-order valence-corrected chi connectivity index (χ2v) is 4.79. The Balaban J connectivity index is 2.72. The number of carbonyl (C=O) groups excluding carboxylic acids is 1. The van der Waals surface area contributed by atoms with Gasteiger partial charge in [0.2, 0.25) is 5.91 Å². The molecular formula is C12H22N2O3. The number of amides is 1. The van der Waals surface area contributed by atoms with Crippen LogP contribution in [0.15, 0.2) is 0 Å². The Morgan fingerprint density at radius 3 is 2.71 bits per heavy atom. The molecule has 1 fully saturated rings. The Labute approximate surface area is 102 Å². The molecule has 1 saturated heterocycles. The van der Waals surface area contributed by atoms with Crippen LogP contribution in [-0.4, -0.2) is 59.0 Å². The number of hydrogen-bond acceptors (Lipinski definition) is 3. The Morgan fingerprint density at radius 1 is 1.53 bits per heavy atom. The molecule has 98 valence electrons. The predicted molar refractivity (Wildman–Crippen MR) is 64.8 cm³/mol. The molecule has 17 heavy (non-hydrogen) atoms. The summed E-state index contributed by atoms with van der Waals surface area (Å²) in [6.07, 6.45) is 1.90. The highest BCUT2D eigenvalue weighted by Gasteiger charge is 2.37. The van der Waals surface area contributed by atoms with Crippen molar-refractivity contribution >= 4 is 11.9 Å². The molecule has 0 aromatic heterocycles. The normalized spacial score (nSPS) is 26.3. The number of nitrogens with zero attached hydrogens (tertiary/aromatic N) is 2. The van der Waals surface area contributed by atoms with Gasteiger partial charge in [-0.2, -0.15) is 0 Å². The van der Waals surface area contributed by atoms with E-state index in [0.29, 0.717) is 0 Å². The quantitative estimate of drug-likeness (QED) is 0.774. The van der Waals surface area contributed by atoms with Gasteiger partial charge in [0.05, 0.1) is 12.5 Å². The average Bonchev–Trinajstić information content (AvgIpc) is 2.23. The van der Waals surface area contributed by atoms with Crippen LogP contribution in [0.25, 0.3) is 0 Å². The molecule has 0 aromatic rings. The minimum Gasteiger partial charge on any atom is -0.481 e. The van der Waals surface area contributed by atoms with Crippen LogP contribution in [0.2, 0.25) is 0 Å². The summed E-state index contributed by atoms with van der Waals surface area (Å²) in [5, 5.41) is 8.83. The number of hydrogen-bond donors (Lipinski definition) is 1. The van der Waals surface area contributed by atoms with Gasteiger partial charge in [-0.25, -0.2) is 0 Å². The standard InChI is InChI=1S/C12H22N2O3/c1-4-5-6-14-9(2)8-13(3)10(12(14)17)7-11(15)16/h9-10H,4-8H2,1-3H3,(H,15,16). The molecule has 1 N–H and O–H groups in total. The third-order valence-corrected chi connectivity index (χ3v) is 3.31. The van der Waals surface area contributed by atoms with Gasteiger partial charge in [0.15, 0.2) is 0 Å². The first-order chi connectivity index (χ1) is 7.97. The molecule has 1 aliphatic rings. The second kappa shape index (κ2) is 6.00. The molecule has 2 unspecified atom stereocenters. The summed E-state index contributed by atoms with van der Waals surface area (Å²) in [5.74, 6) is -0.956. The van der Waals surface area contributed by atoms with Crippen molar-refractivity contribution in [3.63, 3.8) is 0 Å². The van der Waals surface area contributed by atoms with Crippen LogP contribution in [0, 0.1) is 0 Å². The molecular weight excluding hydrogens is 220 g/mol. The van der Waals surface area contributed by atoms with E-state index in [2.05, 4.69) is 6.92 Å². The second-order valence-electron chi connectivity index (χ2n) is 4.79. The number of carbonyl (C=O) groups is 2. The van der Waals surface area contributed by atoms with Gasteiger partial charge in [0.1, 0.15) is 0 Å². The Hall–Kier alpha value is -1.10. The summed E-state index contributed by atoms with van der Waals surface area (Å²) in [6.45, 7) is 5.58. The summed E-state index contributed by atoms with van der Waals surface area (Å²) >= 11 is 0. The van der Waals surface area contributed by atoms with Gasteiger partial charge in [0.25, 0.3) is 0 Å². The average molecular weight is 242 g/mol. The van der Waals surface area contributed by atoms with Crippen molar-refractivity contribution in [3.8, 4) is 0 Å². The minimum absolute atomic E-state index is 0.0397. The van der Waals surface area contributed by atoms with E-state index >= 15 is 0 Å². The molecule has 2 atom stereocenters. The number of unbranched alkanes of at least 4 members (excludes halogenated alkanes) is 1. The van der Waals surface area contributed by atoms with Crippen LogP contribution in [0.1, 0.15) is 33.1 Å². The maximum absolute atomic E-state index is 12.2. The lowest BCUT2D eigenvalue weighted by Crippen LogP contribution is -2.60. The highest BCUT2D eigenvalue weighted by molar-refractivity contribution is 5.87. The van der Waals surface area contributed by atoms with Crippen LogP contribution in [0.4, 0.5) is 0 Å². The van der Waals surface area contributed by atoms with Crippen LogP contribution in [0.3, 0.4) is 0 Å². The van der Waals surface area contributed by atoms with E-state index in [-0.39, 0.29) is 18.4 Å². The van der Waals surface area contributed by atoms with E-state index in [1.807, 2.05) is 23.8 Å². The van der Waals surface area contributed by atoms with Gasteiger partial charge >= 0.3 is 5.97 Å². The van der Waals surface area contributed by atoms with Crippen LogP contribution >= 0.6 is 0 Å². The summed E-state index contributed by atoms with van der Waals surface area (Å²) < 4.78 is 0. The third-order valence-electron chi connectivity index (χ3n) is 3.31. The Morgan fingerprint density at radius 2 is 2.18 bits per heavy atom. The Kier molecular flexibility index (Phi) is 4.93. The number of likely N-dealkylation sites (N-methyl/N-ethyl adjacent to an activating group) is 1. The first-order valence-corrected chi connectivity index (χ1v) is 6.19. The van der Waals surface area contributed by atoms with Gasteiger partial charge in [-0.05, 0) is 20.4 Å². The molecule has 1 amide bonds. The number of aliphatic carboxylic acids is 1. The highest BCUT2D eigenvalue weighted by atomic mass is 16.4. The van der Waals surface area contributed by atoms with Crippen molar-refractivity contribution in [2.75, 3.05) is 20.1 Å². The topological polar surface area (TPSA) is 60.9 Å². The fourth-order valence-corrected chi connectivity index (χ4v) is 2.31. The molecule has 1 heterocycles. The van der Waals surface area contributed by atoms with Gasteiger partial charge in [-0.3, -0.25) is 14.5 Å². The van der Waals surface area contributed by atoms with Crippen molar-refractivity contribution in [2.45, 2.75) is 45.2 Å². The van der Waals surface area contributed by atoms with Crippen LogP contribution in [0.5, 0.6) is 0 Å². The van der Waals surface area contributed by atoms with E-state index in [0.717, 1.165) is 25.9 Å². The molecule has 1 aliphatic heterocycles. The van der Waals surface area contributed by atoms with Gasteiger partial charge < -0.3 is 10.0 Å². The lowest BCUT2D eigenvalue weighted by atomic mass is 10.0. The zero-order chi connectivity index (χ0) is 13.0. The first kappa shape index (κ1) is 14.0. The number of carboxylic acids is 1. The van der Waals surface area contributed by atoms with E-state index in [1.54, 1.807) is 0 Å². The smallest absolute Gasteiger partial charge is 0.305 e. The number of carboxylic acid groups (broad SMARTS) is 1. The minimum atomic E-state index is -0.916. The summed E-state index contributed by atoms with van der Waals surface area (Å²) in [7, 11) is 1.82. The molecule has 0 spiro atoms. The monoisotopic (exact) mass is 242 g/mol. The zero-order valence-corrected chi connectivity index (χ0v) is 10.8. The largest absolute Gasteiger partial charge is 0.481 e. The van der Waals surface area contributed by atoms with Crippen LogP contribution < -0.4 is 0 Å². The molecule has 5 nitrogen and oxygen atoms in total. The van der Waals surface area contributed by atoms with Crippen molar-refractivity contribution in [2.24, 2.45) is 0 Å². The lowest BCUT2D eigenvalue weighted by Gasteiger charge is -2.42. The Bertz CT molecular complexity index is 293. The van der Waals surface area contributed by atoms with Crippen molar-refractivity contribution < 1.29 is 14.7 Å². The molecule has 1 rings (SSSR count). The molecule has 0 radical (unpaired) electrons. The number of rotatable bonds is 5. The molecule has 0 aliphatic carbocycles. The van der Waals surface area contributed by atoms with Gasteiger partial charge in [-0.15, -0.1) is 0 Å². The first-order valence-electron chi connectivity index (χ1n) is 6.19. The molecule has 0 bridgehead atoms. The van der Waals surface area contributed by atoms with Gasteiger partial charge in [0, 0.05) is 19.1 Å². The third kappa shape index (κ3) is 3.43. The molecule has 0 saturated carbocycles. The van der Waals surface area contributed by atoms with Crippen LogP contribution in [-0.2, 0) is 9.59 Å². The summed E-state index contributed by atoms with van der Waals surface area (Å²) in [6, 6.07) is -0.329. The van der Waals surface area contributed by atoms with E-state index in [1.165, 1.54) is 0 Å². The fraction of sp³-hybridized carbons (Fsp3) is 0.833. The summed E-state index contributed by atoms with van der Waals surface area (Å²) in [5.41, 5.74) is 0. The lowest BCUT2D eigenvalue weighted by molar-refractivity contribution is -0.151. The van der Waals surface area contributed by atoms with Crippen molar-refractivity contribution in [3.05, 3.63) is 0 Å². The van der Waals surface area contributed by atoms with E-state index < -0.39 is 12.0 Å². The predicted octanol–water partition coefficient (Wildman–Crippen LogP) is 0.792. The maximum atomic E-state index is 12.2. The van der Waals surface area contributed by atoms with Gasteiger partial charge in [-0.1, -0.05) is 13.3 Å². The SMILES string of the molecule is CCCCN1C(=O)C(CC(=O)O)N(C)CC1C.